The molecule has 8 heteroatoms. The lowest BCUT2D eigenvalue weighted by molar-refractivity contribution is -0.117. The van der Waals surface area contributed by atoms with Crippen LogP contribution < -0.4 is 4.90 Å². The largest absolute Gasteiger partial charge is 0.341 e. The van der Waals surface area contributed by atoms with Crippen LogP contribution in [0.1, 0.15) is 5.56 Å². The molecule has 2 aromatic rings. The van der Waals surface area contributed by atoms with Crippen molar-refractivity contribution >= 4 is 21.6 Å². The molecule has 122 valence electrons. The van der Waals surface area contributed by atoms with Gasteiger partial charge in [0.05, 0.1) is 11.3 Å². The van der Waals surface area contributed by atoms with Gasteiger partial charge in [0.25, 0.3) is 0 Å². The summed E-state index contributed by atoms with van der Waals surface area (Å²) in [4.78, 5) is 17.1. The minimum atomic E-state index is -4.62. The van der Waals surface area contributed by atoms with Crippen LogP contribution in [0.2, 0.25) is 0 Å². The van der Waals surface area contributed by atoms with Gasteiger partial charge >= 0.3 is 5.76 Å². The summed E-state index contributed by atoms with van der Waals surface area (Å²) < 4.78 is 47.5. The van der Waals surface area contributed by atoms with E-state index in [-0.39, 0.29) is 12.3 Å². The van der Waals surface area contributed by atoms with Crippen LogP contribution in [0.3, 0.4) is 0 Å². The lowest BCUT2D eigenvalue weighted by Crippen LogP contribution is -2.28. The van der Waals surface area contributed by atoms with Gasteiger partial charge in [-0.3, -0.25) is 9.69 Å². The van der Waals surface area contributed by atoms with Gasteiger partial charge < -0.3 is 0 Å². The summed E-state index contributed by atoms with van der Waals surface area (Å²) in [6.45, 7) is 0. The highest BCUT2D eigenvalue weighted by Gasteiger charge is 2.26. The van der Waals surface area contributed by atoms with E-state index < -0.39 is 20.5 Å². The Kier molecular flexibility index (Phi) is 5.05. The lowest BCUT2D eigenvalue weighted by atomic mass is 10.1. The van der Waals surface area contributed by atoms with Crippen molar-refractivity contribution < 1.29 is 22.0 Å². The van der Waals surface area contributed by atoms with Crippen LogP contribution in [0.5, 0.6) is 0 Å². The van der Waals surface area contributed by atoms with Crippen molar-refractivity contribution in [2.24, 2.45) is 0 Å². The van der Waals surface area contributed by atoms with E-state index in [0.717, 1.165) is 12.1 Å². The second kappa shape index (κ2) is 6.82. The van der Waals surface area contributed by atoms with E-state index in [0.29, 0.717) is 11.4 Å². The predicted molar refractivity (Wildman–Crippen MR) is 81.0 cm³/mol. The summed E-state index contributed by atoms with van der Waals surface area (Å²) in [5.74, 6) is -3.24. The molecule has 0 bridgehead atoms. The van der Waals surface area contributed by atoms with E-state index in [1.807, 2.05) is 0 Å². The zero-order valence-corrected chi connectivity index (χ0v) is 13.0. The molecule has 0 aliphatic heterocycles. The first-order valence-corrected chi connectivity index (χ1v) is 8.15. The minimum absolute atomic E-state index is 0.00206. The Morgan fingerprint density at radius 1 is 1.17 bits per heavy atom. The average molecular weight is 340 g/mol. The van der Waals surface area contributed by atoms with Crippen LogP contribution in [0.25, 0.3) is 0 Å². The molecule has 0 atom stereocenters. The van der Waals surface area contributed by atoms with Crippen molar-refractivity contribution in [3.05, 3.63) is 54.2 Å². The van der Waals surface area contributed by atoms with Gasteiger partial charge in [-0.05, 0) is 29.8 Å². The fourth-order valence-corrected chi connectivity index (χ4v) is 2.59. The van der Waals surface area contributed by atoms with Crippen molar-refractivity contribution in [3.8, 4) is 0 Å². The second-order valence-corrected chi connectivity index (χ2v) is 6.68. The third-order valence-corrected chi connectivity index (χ3v) is 4.61. The van der Waals surface area contributed by atoms with Gasteiger partial charge in [-0.2, -0.15) is 8.78 Å². The maximum atomic E-state index is 12.4. The lowest BCUT2D eigenvalue weighted by Gasteiger charge is -2.16. The maximum Gasteiger partial charge on any atom is 0.341 e. The van der Waals surface area contributed by atoms with Gasteiger partial charge in [0.2, 0.25) is 15.7 Å². The molecule has 0 aliphatic carbocycles. The molecule has 0 aliphatic rings. The average Bonchev–Trinajstić information content (AvgIpc) is 2.55. The second-order valence-electron chi connectivity index (χ2n) is 4.77. The molecule has 0 radical (unpaired) electrons. The molecule has 1 aromatic carbocycles. The zero-order valence-electron chi connectivity index (χ0n) is 12.2. The van der Waals surface area contributed by atoms with Crippen molar-refractivity contribution in [3.63, 3.8) is 0 Å². The van der Waals surface area contributed by atoms with Crippen LogP contribution in [-0.4, -0.2) is 32.1 Å². The summed E-state index contributed by atoms with van der Waals surface area (Å²) in [6.07, 6.45) is 1.56. The summed E-state index contributed by atoms with van der Waals surface area (Å²) in [5, 5.41) is 0. The number of rotatable bonds is 5. The number of halogens is 2. The number of amides is 1. The summed E-state index contributed by atoms with van der Waals surface area (Å²) in [6, 6.07) is 9.99. The minimum Gasteiger partial charge on any atom is -0.300 e. The van der Waals surface area contributed by atoms with E-state index >= 15 is 0 Å². The fourth-order valence-electron chi connectivity index (χ4n) is 1.87. The Balaban J connectivity index is 2.11. The molecule has 5 nitrogen and oxygen atoms in total. The summed E-state index contributed by atoms with van der Waals surface area (Å²) in [5.41, 5.74) is 0.519. The molecule has 2 rings (SSSR count). The molecule has 0 saturated carbocycles. The number of anilines is 1. The molecule has 0 saturated heterocycles. The number of pyridine rings is 1. The number of nitrogens with zero attached hydrogens (tertiary/aromatic N) is 2. The molecular weight excluding hydrogens is 326 g/mol. The summed E-state index contributed by atoms with van der Waals surface area (Å²) >= 11 is 0. The first-order valence-electron chi connectivity index (χ1n) is 6.61. The first-order chi connectivity index (χ1) is 10.8. The third-order valence-electron chi connectivity index (χ3n) is 3.21. The Hall–Kier alpha value is -2.35. The van der Waals surface area contributed by atoms with Crippen molar-refractivity contribution in [1.82, 2.24) is 4.98 Å². The van der Waals surface area contributed by atoms with E-state index in [4.69, 9.17) is 0 Å². The maximum absolute atomic E-state index is 12.4. The Labute approximate surface area is 132 Å². The van der Waals surface area contributed by atoms with E-state index in [9.17, 15) is 22.0 Å². The fraction of sp³-hybridized carbons (Fsp3) is 0.200. The van der Waals surface area contributed by atoms with Gasteiger partial charge in [0, 0.05) is 13.2 Å². The number of alkyl halides is 2. The number of carbonyl (C=O) groups excluding carboxylic acids is 1. The van der Waals surface area contributed by atoms with Crippen LogP contribution >= 0.6 is 0 Å². The number of carbonyl (C=O) groups is 1. The van der Waals surface area contributed by atoms with Crippen LogP contribution in [-0.2, 0) is 21.1 Å². The van der Waals surface area contributed by atoms with Gasteiger partial charge in [0.1, 0.15) is 5.82 Å². The topological polar surface area (TPSA) is 67.3 Å². The van der Waals surface area contributed by atoms with E-state index in [1.165, 1.54) is 17.0 Å². The molecule has 0 N–H and O–H groups in total. The number of hydrogen-bond acceptors (Lipinski definition) is 4. The van der Waals surface area contributed by atoms with Crippen LogP contribution in [0.15, 0.2) is 53.6 Å². The molecule has 0 spiro atoms. The molecule has 1 heterocycles. The number of aromatic nitrogens is 1. The van der Waals surface area contributed by atoms with Gasteiger partial charge in [-0.25, -0.2) is 13.4 Å². The molecule has 1 aromatic heterocycles. The SMILES string of the molecule is CN(C(=O)Cc1ccc(S(=O)(=O)C(F)F)cc1)c1ccccn1. The molecule has 0 fully saturated rings. The summed E-state index contributed by atoms with van der Waals surface area (Å²) in [7, 11) is -3.05. The quantitative estimate of drug-likeness (QED) is 0.837. The number of hydrogen-bond donors (Lipinski definition) is 0. The molecule has 23 heavy (non-hydrogen) atoms. The monoisotopic (exact) mass is 340 g/mol. The standard InChI is InChI=1S/C15H14F2N2O3S/c1-19(13-4-2-3-9-18-13)14(20)10-11-5-7-12(8-6-11)23(21,22)15(16)17/h2-9,15H,10H2,1H3. The Morgan fingerprint density at radius 2 is 1.83 bits per heavy atom. The van der Waals surface area contributed by atoms with Crippen molar-refractivity contribution in [2.75, 3.05) is 11.9 Å². The zero-order chi connectivity index (χ0) is 17.0. The number of sulfone groups is 1. The smallest absolute Gasteiger partial charge is 0.300 e. The van der Waals surface area contributed by atoms with Crippen molar-refractivity contribution in [2.45, 2.75) is 17.1 Å². The van der Waals surface area contributed by atoms with Gasteiger partial charge in [0.15, 0.2) is 0 Å². The van der Waals surface area contributed by atoms with Crippen LogP contribution in [0.4, 0.5) is 14.6 Å². The van der Waals surface area contributed by atoms with E-state index in [1.54, 1.807) is 31.4 Å². The van der Waals surface area contributed by atoms with Gasteiger partial charge in [-0.1, -0.05) is 18.2 Å². The third kappa shape index (κ3) is 3.89. The Morgan fingerprint density at radius 3 is 2.35 bits per heavy atom. The highest BCUT2D eigenvalue weighted by Crippen LogP contribution is 2.19. The van der Waals surface area contributed by atoms with Crippen LogP contribution in [0, 0.1) is 0 Å². The molecule has 1 amide bonds. The number of benzene rings is 1. The first kappa shape index (κ1) is 17.0. The highest BCUT2D eigenvalue weighted by molar-refractivity contribution is 7.91. The highest BCUT2D eigenvalue weighted by atomic mass is 32.2. The van der Waals surface area contributed by atoms with Gasteiger partial charge in [-0.15, -0.1) is 0 Å². The Bertz CT molecular complexity index is 778. The van der Waals surface area contributed by atoms with E-state index in [2.05, 4.69) is 4.98 Å². The predicted octanol–water partition coefficient (Wildman–Crippen LogP) is 2.28. The molecule has 0 unspecified atom stereocenters. The normalized spacial score (nSPS) is 11.5. The molecular formula is C15H14F2N2O3S. The van der Waals surface area contributed by atoms with Crippen molar-refractivity contribution in [1.29, 1.82) is 0 Å². The number of likely N-dealkylation sites (N-methyl/N-ethyl adjacent to an activating group) is 1.